The Labute approximate surface area is 170 Å². The first kappa shape index (κ1) is 22.7. The number of piperazine rings is 1. The van der Waals surface area contributed by atoms with E-state index in [1.807, 2.05) is 4.90 Å². The molecule has 166 valence electrons. The molecule has 1 aromatic heterocycles. The van der Waals surface area contributed by atoms with E-state index in [1.54, 1.807) is 0 Å². The van der Waals surface area contributed by atoms with Gasteiger partial charge in [-0.2, -0.15) is 17.5 Å². The number of aromatic nitrogens is 1. The van der Waals surface area contributed by atoms with E-state index in [0.717, 1.165) is 6.07 Å². The zero-order valence-electron chi connectivity index (χ0n) is 16.0. The van der Waals surface area contributed by atoms with Crippen LogP contribution in [-0.4, -0.2) is 80.3 Å². The lowest BCUT2D eigenvalue weighted by Gasteiger charge is -2.33. The van der Waals surface area contributed by atoms with Crippen molar-refractivity contribution >= 4 is 20.9 Å². The molecule has 0 bridgehead atoms. The van der Waals surface area contributed by atoms with Crippen LogP contribution in [-0.2, 0) is 20.9 Å². The van der Waals surface area contributed by atoms with Gasteiger partial charge in [0, 0.05) is 49.7 Å². The third-order valence-corrected chi connectivity index (χ3v) is 6.77. The molecule has 30 heavy (non-hydrogen) atoms. The minimum atomic E-state index is -4.79. The number of aromatic amines is 1. The zero-order valence-corrected chi connectivity index (χ0v) is 16.8. The van der Waals surface area contributed by atoms with E-state index in [4.69, 9.17) is 9.84 Å². The smallest absolute Gasteiger partial charge is 0.394 e. The van der Waals surface area contributed by atoms with Crippen molar-refractivity contribution in [2.45, 2.75) is 11.1 Å². The largest absolute Gasteiger partial charge is 0.417 e. The molecule has 0 spiro atoms. The normalized spacial score (nSPS) is 16.9. The van der Waals surface area contributed by atoms with Crippen LogP contribution in [0.4, 0.5) is 13.2 Å². The number of pyridine rings is 1. The Morgan fingerprint density at radius 3 is 2.43 bits per heavy atom. The van der Waals surface area contributed by atoms with Crippen LogP contribution in [0.5, 0.6) is 0 Å². The molecule has 0 saturated carbocycles. The van der Waals surface area contributed by atoms with E-state index >= 15 is 0 Å². The van der Waals surface area contributed by atoms with Gasteiger partial charge in [0.1, 0.15) is 0 Å². The van der Waals surface area contributed by atoms with Crippen molar-refractivity contribution in [3.05, 3.63) is 40.2 Å². The van der Waals surface area contributed by atoms with Crippen molar-refractivity contribution in [1.29, 1.82) is 0 Å². The Bertz CT molecular complexity index is 1050. The van der Waals surface area contributed by atoms with E-state index in [1.165, 1.54) is 16.4 Å². The summed E-state index contributed by atoms with van der Waals surface area (Å²) in [5, 5.41) is 8.31. The molecule has 0 atom stereocenters. The van der Waals surface area contributed by atoms with E-state index in [2.05, 4.69) is 4.98 Å². The number of hydrogen-bond acceptors (Lipinski definition) is 6. The van der Waals surface area contributed by atoms with Crippen LogP contribution >= 0.6 is 0 Å². The first-order chi connectivity index (χ1) is 14.1. The number of fused-ring (bicyclic) bond motifs is 1. The number of rotatable bonds is 7. The van der Waals surface area contributed by atoms with E-state index in [0.29, 0.717) is 32.3 Å². The summed E-state index contributed by atoms with van der Waals surface area (Å²) in [4.78, 5) is 15.6. The molecule has 0 aliphatic carbocycles. The Morgan fingerprint density at radius 1 is 1.10 bits per heavy atom. The van der Waals surface area contributed by atoms with Gasteiger partial charge >= 0.3 is 6.18 Å². The summed E-state index contributed by atoms with van der Waals surface area (Å²) >= 11 is 0. The fourth-order valence-electron chi connectivity index (χ4n) is 3.33. The molecular weight excluding hydrogens is 427 g/mol. The minimum absolute atomic E-state index is 0.0677. The number of aliphatic hydroxyl groups is 1. The Kier molecular flexibility index (Phi) is 6.82. The molecule has 2 heterocycles. The van der Waals surface area contributed by atoms with Gasteiger partial charge in [0.05, 0.1) is 30.3 Å². The second-order valence-electron chi connectivity index (χ2n) is 6.83. The van der Waals surface area contributed by atoms with Crippen molar-refractivity contribution < 1.29 is 31.4 Å². The van der Waals surface area contributed by atoms with Gasteiger partial charge in [0.25, 0.3) is 0 Å². The van der Waals surface area contributed by atoms with Crippen molar-refractivity contribution in [3.8, 4) is 0 Å². The van der Waals surface area contributed by atoms with Crippen LogP contribution in [0.3, 0.4) is 0 Å². The maximum Gasteiger partial charge on any atom is 0.417 e. The summed E-state index contributed by atoms with van der Waals surface area (Å²) in [5.74, 6) is 0. The number of nitrogens with one attached hydrogen (secondary N) is 1. The lowest BCUT2D eigenvalue weighted by Crippen LogP contribution is -2.49. The highest BCUT2D eigenvalue weighted by Gasteiger charge is 2.34. The summed E-state index contributed by atoms with van der Waals surface area (Å²) in [6, 6.07) is 3.76. The summed E-state index contributed by atoms with van der Waals surface area (Å²) < 4.78 is 72.4. The number of nitrogens with zero attached hydrogens (tertiary/aromatic N) is 2. The number of aliphatic hydroxyl groups excluding tert-OH is 1. The average molecular weight is 449 g/mol. The predicted octanol–water partition coefficient (Wildman–Crippen LogP) is 0.862. The number of H-pyrrole nitrogens is 1. The fourth-order valence-corrected chi connectivity index (χ4v) is 4.78. The van der Waals surface area contributed by atoms with Gasteiger partial charge in [-0.1, -0.05) is 0 Å². The van der Waals surface area contributed by atoms with Gasteiger partial charge in [0.15, 0.2) is 0 Å². The molecule has 1 aliphatic rings. The molecule has 1 fully saturated rings. The Hall–Kier alpha value is -1.99. The predicted molar refractivity (Wildman–Crippen MR) is 103 cm³/mol. The van der Waals surface area contributed by atoms with Crippen LogP contribution in [0.1, 0.15) is 5.56 Å². The SMILES string of the molecule is O=c1cc(C(F)(F)F)c2cc(S(=O)(=O)N3CCN(CCOCCO)CC3)ccc2[nH]1. The van der Waals surface area contributed by atoms with Crippen molar-refractivity contribution in [1.82, 2.24) is 14.2 Å². The standard InChI is InChI=1S/C18H22F3N3O5S/c19-18(20,21)15-12-17(26)22-16-2-1-13(11-14(15)16)30(27,28)24-5-3-23(4-6-24)7-9-29-10-8-25/h1-2,11-12,25H,3-10H2,(H,22,26). The number of alkyl halides is 3. The molecule has 0 unspecified atom stereocenters. The molecule has 8 nitrogen and oxygen atoms in total. The maximum absolute atomic E-state index is 13.3. The van der Waals surface area contributed by atoms with Crippen LogP contribution in [0.25, 0.3) is 10.9 Å². The van der Waals surface area contributed by atoms with E-state index in [9.17, 15) is 26.4 Å². The molecule has 0 radical (unpaired) electrons. The van der Waals surface area contributed by atoms with Crippen molar-refractivity contribution in [3.63, 3.8) is 0 Å². The van der Waals surface area contributed by atoms with E-state index < -0.39 is 27.3 Å². The third kappa shape index (κ3) is 5.01. The first-order valence-corrected chi connectivity index (χ1v) is 10.7. The number of benzene rings is 1. The molecule has 12 heteroatoms. The van der Waals surface area contributed by atoms with Gasteiger partial charge in [-0.15, -0.1) is 0 Å². The second-order valence-corrected chi connectivity index (χ2v) is 8.77. The lowest BCUT2D eigenvalue weighted by molar-refractivity contribution is -0.136. The van der Waals surface area contributed by atoms with Gasteiger partial charge < -0.3 is 14.8 Å². The summed E-state index contributed by atoms with van der Waals surface area (Å²) in [6.07, 6.45) is -4.79. The van der Waals surface area contributed by atoms with E-state index in [-0.39, 0.29) is 42.1 Å². The molecule has 0 amide bonds. The average Bonchev–Trinajstić information content (AvgIpc) is 2.70. The second kappa shape index (κ2) is 9.02. The van der Waals surface area contributed by atoms with Gasteiger partial charge in [0.2, 0.25) is 15.6 Å². The van der Waals surface area contributed by atoms with Crippen LogP contribution in [0.15, 0.2) is 34.0 Å². The highest BCUT2D eigenvalue weighted by Crippen LogP contribution is 2.34. The van der Waals surface area contributed by atoms with Gasteiger partial charge in [-0.3, -0.25) is 9.69 Å². The van der Waals surface area contributed by atoms with Crippen molar-refractivity contribution in [2.24, 2.45) is 0 Å². The quantitative estimate of drug-likeness (QED) is 0.608. The lowest BCUT2D eigenvalue weighted by atomic mass is 10.1. The Balaban J connectivity index is 1.80. The number of sulfonamides is 1. The number of hydrogen-bond donors (Lipinski definition) is 2. The highest BCUT2D eigenvalue weighted by molar-refractivity contribution is 7.89. The van der Waals surface area contributed by atoms with Crippen LogP contribution < -0.4 is 5.56 Å². The molecule has 3 rings (SSSR count). The summed E-state index contributed by atoms with van der Waals surface area (Å²) in [6.45, 7) is 2.47. The zero-order chi connectivity index (χ0) is 21.9. The minimum Gasteiger partial charge on any atom is -0.394 e. The molecule has 2 N–H and O–H groups in total. The van der Waals surface area contributed by atoms with Gasteiger partial charge in [-0.25, -0.2) is 8.42 Å². The molecule has 1 aromatic carbocycles. The molecule has 2 aromatic rings. The fraction of sp³-hybridized carbons (Fsp3) is 0.500. The summed E-state index contributed by atoms with van der Waals surface area (Å²) in [5.41, 5.74) is -2.17. The first-order valence-electron chi connectivity index (χ1n) is 9.28. The topological polar surface area (TPSA) is 103 Å². The number of ether oxygens (including phenoxy) is 1. The maximum atomic E-state index is 13.3. The van der Waals surface area contributed by atoms with Crippen LogP contribution in [0, 0.1) is 0 Å². The molecule has 1 saturated heterocycles. The van der Waals surface area contributed by atoms with Crippen molar-refractivity contribution in [2.75, 3.05) is 52.5 Å². The highest BCUT2D eigenvalue weighted by atomic mass is 32.2. The van der Waals surface area contributed by atoms with Gasteiger partial charge in [-0.05, 0) is 18.2 Å². The monoisotopic (exact) mass is 449 g/mol. The number of halogens is 3. The van der Waals surface area contributed by atoms with Crippen LogP contribution in [0.2, 0.25) is 0 Å². The molecule has 1 aliphatic heterocycles. The molecular formula is C18H22F3N3O5S. The third-order valence-electron chi connectivity index (χ3n) is 4.88. The Morgan fingerprint density at radius 2 is 1.80 bits per heavy atom. The summed E-state index contributed by atoms with van der Waals surface area (Å²) in [7, 11) is -4.00.